The maximum absolute atomic E-state index is 6.27. The van der Waals surface area contributed by atoms with Crippen molar-refractivity contribution in [1.29, 1.82) is 0 Å². The minimum absolute atomic E-state index is 0.0188. The lowest BCUT2D eigenvalue weighted by molar-refractivity contribution is 0.164. The molecule has 2 heterocycles. The monoisotopic (exact) mass is 339 g/mol. The number of methoxy groups -OCH3 is 1. The average molecular weight is 340 g/mol. The quantitative estimate of drug-likeness (QED) is 0.897. The second kappa shape index (κ2) is 5.15. The van der Waals surface area contributed by atoms with Crippen LogP contribution in [0.4, 0.5) is 0 Å². The van der Waals surface area contributed by atoms with Crippen molar-refractivity contribution in [2.75, 3.05) is 7.11 Å². The summed E-state index contributed by atoms with van der Waals surface area (Å²) < 4.78 is 12.4. The Bertz CT molecular complexity index is 599. The fourth-order valence-corrected chi connectivity index (χ4v) is 3.98. The van der Waals surface area contributed by atoms with E-state index in [1.165, 1.54) is 4.88 Å². The van der Waals surface area contributed by atoms with E-state index in [0.29, 0.717) is 0 Å². The third-order valence-electron chi connectivity index (χ3n) is 3.29. The van der Waals surface area contributed by atoms with Crippen molar-refractivity contribution in [2.45, 2.75) is 18.6 Å². The lowest BCUT2D eigenvalue weighted by atomic mass is 9.96. The molecule has 0 amide bonds. The van der Waals surface area contributed by atoms with Gasteiger partial charge in [-0.15, -0.1) is 11.3 Å². The topological polar surface area (TPSA) is 44.5 Å². The Morgan fingerprint density at radius 1 is 1.42 bits per heavy atom. The van der Waals surface area contributed by atoms with Crippen molar-refractivity contribution in [1.82, 2.24) is 0 Å². The van der Waals surface area contributed by atoms with Crippen LogP contribution in [0.15, 0.2) is 34.1 Å². The second-order valence-electron chi connectivity index (χ2n) is 4.49. The van der Waals surface area contributed by atoms with Gasteiger partial charge in [-0.1, -0.05) is 0 Å². The van der Waals surface area contributed by atoms with E-state index in [4.69, 9.17) is 15.2 Å². The standard InChI is InChI=1S/C14H14BrNO2S/c1-17-8-2-3-12-9(6-8)11(16)7-13(18-12)14-10(15)4-5-19-14/h2-6,11,13H,7,16H2,1H3/t11-,13?/m1/s1. The molecule has 1 aromatic carbocycles. The highest BCUT2D eigenvalue weighted by Gasteiger charge is 2.29. The zero-order valence-corrected chi connectivity index (χ0v) is 12.8. The molecule has 1 aromatic heterocycles. The Balaban J connectivity index is 1.94. The van der Waals surface area contributed by atoms with E-state index in [0.717, 1.165) is 28.0 Å². The summed E-state index contributed by atoms with van der Waals surface area (Å²) in [6.07, 6.45) is 0.796. The second-order valence-corrected chi connectivity index (χ2v) is 6.29. The summed E-state index contributed by atoms with van der Waals surface area (Å²) in [7, 11) is 1.66. The molecule has 2 aromatic rings. The Hall–Kier alpha value is -1.04. The number of benzene rings is 1. The minimum Gasteiger partial charge on any atom is -0.497 e. The molecule has 0 bridgehead atoms. The molecule has 0 fully saturated rings. The van der Waals surface area contributed by atoms with Crippen molar-refractivity contribution < 1.29 is 9.47 Å². The van der Waals surface area contributed by atoms with Gasteiger partial charge in [-0.25, -0.2) is 0 Å². The lowest BCUT2D eigenvalue weighted by Crippen LogP contribution is -2.23. The highest BCUT2D eigenvalue weighted by atomic mass is 79.9. The fraction of sp³-hybridized carbons (Fsp3) is 0.286. The molecule has 100 valence electrons. The van der Waals surface area contributed by atoms with Crippen LogP contribution >= 0.6 is 27.3 Å². The lowest BCUT2D eigenvalue weighted by Gasteiger charge is -2.30. The number of thiophene rings is 1. The Morgan fingerprint density at radius 3 is 2.95 bits per heavy atom. The van der Waals surface area contributed by atoms with E-state index in [1.807, 2.05) is 24.3 Å². The minimum atomic E-state index is -0.0298. The van der Waals surface area contributed by atoms with Gasteiger partial charge in [0, 0.05) is 22.5 Å². The van der Waals surface area contributed by atoms with Crippen molar-refractivity contribution in [3.8, 4) is 11.5 Å². The van der Waals surface area contributed by atoms with Gasteiger partial charge < -0.3 is 15.2 Å². The van der Waals surface area contributed by atoms with E-state index in [-0.39, 0.29) is 12.1 Å². The van der Waals surface area contributed by atoms with Crippen molar-refractivity contribution in [2.24, 2.45) is 5.73 Å². The van der Waals surface area contributed by atoms with Gasteiger partial charge in [0.05, 0.1) is 12.0 Å². The predicted molar refractivity (Wildman–Crippen MR) is 79.9 cm³/mol. The number of hydrogen-bond acceptors (Lipinski definition) is 4. The zero-order chi connectivity index (χ0) is 13.4. The van der Waals surface area contributed by atoms with Crippen LogP contribution in [0.1, 0.15) is 29.0 Å². The maximum atomic E-state index is 6.27. The highest BCUT2D eigenvalue weighted by Crippen LogP contribution is 2.44. The summed E-state index contributed by atoms with van der Waals surface area (Å²) in [4.78, 5) is 1.19. The van der Waals surface area contributed by atoms with Gasteiger partial charge in [0.25, 0.3) is 0 Å². The third-order valence-corrected chi connectivity index (χ3v) is 5.25. The molecule has 5 heteroatoms. The van der Waals surface area contributed by atoms with Crippen LogP contribution in [0, 0.1) is 0 Å². The number of nitrogens with two attached hydrogens (primary N) is 1. The molecule has 0 saturated carbocycles. The summed E-state index contributed by atoms with van der Waals surface area (Å²) in [6, 6.07) is 7.80. The van der Waals surface area contributed by atoms with Gasteiger partial charge in [-0.3, -0.25) is 0 Å². The van der Waals surface area contributed by atoms with Crippen molar-refractivity contribution >= 4 is 27.3 Å². The fourth-order valence-electron chi connectivity index (χ4n) is 2.31. The van der Waals surface area contributed by atoms with E-state index in [9.17, 15) is 0 Å². The summed E-state index contributed by atoms with van der Waals surface area (Å²) in [5.41, 5.74) is 7.29. The number of halogens is 1. The first kappa shape index (κ1) is 13.0. The first-order valence-corrected chi connectivity index (χ1v) is 7.69. The number of fused-ring (bicyclic) bond motifs is 1. The van der Waals surface area contributed by atoms with Crippen molar-refractivity contribution in [3.63, 3.8) is 0 Å². The van der Waals surface area contributed by atoms with E-state index >= 15 is 0 Å². The smallest absolute Gasteiger partial charge is 0.136 e. The Kier molecular flexibility index (Phi) is 3.52. The van der Waals surface area contributed by atoms with Crippen molar-refractivity contribution in [3.05, 3.63) is 44.6 Å². The molecule has 1 unspecified atom stereocenters. The Labute approximate surface area is 124 Å². The molecule has 1 aliphatic rings. The van der Waals surface area contributed by atoms with Gasteiger partial charge in [0.2, 0.25) is 0 Å². The van der Waals surface area contributed by atoms with Gasteiger partial charge in [0.1, 0.15) is 17.6 Å². The van der Waals surface area contributed by atoms with E-state index in [2.05, 4.69) is 21.3 Å². The summed E-state index contributed by atoms with van der Waals surface area (Å²) in [5.74, 6) is 1.67. The first-order chi connectivity index (χ1) is 9.19. The van der Waals surface area contributed by atoms with Crippen LogP contribution in [0.25, 0.3) is 0 Å². The molecule has 2 N–H and O–H groups in total. The number of ether oxygens (including phenoxy) is 2. The SMILES string of the molecule is COc1ccc2c(c1)[C@H](N)CC(c1sccc1Br)O2. The molecular formula is C14H14BrNO2S. The third kappa shape index (κ3) is 2.38. The molecule has 2 atom stereocenters. The van der Waals surface area contributed by atoms with Crippen LogP contribution < -0.4 is 15.2 Å². The molecule has 0 spiro atoms. The largest absolute Gasteiger partial charge is 0.497 e. The number of rotatable bonds is 2. The van der Waals surface area contributed by atoms with Gasteiger partial charge in [-0.2, -0.15) is 0 Å². The summed E-state index contributed by atoms with van der Waals surface area (Å²) >= 11 is 5.24. The molecular weight excluding hydrogens is 326 g/mol. The molecule has 0 aliphatic carbocycles. The van der Waals surface area contributed by atoms with E-state index in [1.54, 1.807) is 18.4 Å². The van der Waals surface area contributed by atoms with Crippen LogP contribution in [0.5, 0.6) is 11.5 Å². The first-order valence-electron chi connectivity index (χ1n) is 6.02. The van der Waals surface area contributed by atoms with Gasteiger partial charge in [0.15, 0.2) is 0 Å². The maximum Gasteiger partial charge on any atom is 0.136 e. The summed E-state index contributed by atoms with van der Waals surface area (Å²) in [5, 5.41) is 2.05. The Morgan fingerprint density at radius 2 is 2.26 bits per heavy atom. The molecule has 3 nitrogen and oxygen atoms in total. The molecule has 0 saturated heterocycles. The molecule has 0 radical (unpaired) electrons. The van der Waals surface area contributed by atoms with Gasteiger partial charge >= 0.3 is 0 Å². The molecule has 1 aliphatic heterocycles. The average Bonchev–Trinajstić information content (AvgIpc) is 2.84. The number of hydrogen-bond donors (Lipinski definition) is 1. The van der Waals surface area contributed by atoms with Crippen LogP contribution in [0.3, 0.4) is 0 Å². The molecule has 19 heavy (non-hydrogen) atoms. The normalized spacial score (nSPS) is 21.6. The van der Waals surface area contributed by atoms with Gasteiger partial charge in [-0.05, 0) is 45.6 Å². The zero-order valence-electron chi connectivity index (χ0n) is 10.4. The van der Waals surface area contributed by atoms with Crippen LogP contribution in [-0.4, -0.2) is 7.11 Å². The van der Waals surface area contributed by atoms with E-state index < -0.39 is 0 Å². The molecule has 3 rings (SSSR count). The summed E-state index contributed by atoms with van der Waals surface area (Å²) in [6.45, 7) is 0. The highest BCUT2D eigenvalue weighted by molar-refractivity contribution is 9.10. The van der Waals surface area contributed by atoms with Crippen LogP contribution in [-0.2, 0) is 0 Å². The predicted octanol–water partition coefficient (Wildman–Crippen LogP) is 4.04. The van der Waals surface area contributed by atoms with Crippen LogP contribution in [0.2, 0.25) is 0 Å².